The van der Waals surface area contributed by atoms with E-state index in [1.54, 1.807) is 0 Å². The Bertz CT molecular complexity index is 889. The molecule has 18 atom stereocenters. The van der Waals surface area contributed by atoms with Gasteiger partial charge in [-0.3, -0.25) is 0 Å². The standard InChI is InChI=1S/2C12H22O12.Ca.H2O/c2*13-1-3(15)10(7(18)8(19)11(21)22)24-12-9(20)6(17)5(16)4(2-14)23-12;;/h2*3-10,12-20H,1-2H2,(H,21,22);;1H2/q;;+2;/p-2/t2*3-,4-,5+,6+,7-,8-,9-,10-,12+;;/m11../s1. The maximum Gasteiger partial charge on any atom is 2.00 e. The Morgan fingerprint density at radius 3 is 1.06 bits per heavy atom. The number of carboxylic acid groups (broad SMARTS) is 2. The van der Waals surface area contributed by atoms with Crippen molar-refractivity contribution in [3.8, 4) is 0 Å². The number of carbonyl (C=O) groups is 2. The predicted octanol–water partition coefficient (Wildman–Crippen LogP) is -15.2. The van der Waals surface area contributed by atoms with Crippen molar-refractivity contribution >= 4 is 49.7 Å². The number of aliphatic hydroxyl groups excluding tert-OH is 16. The van der Waals surface area contributed by atoms with Crippen LogP contribution in [0.1, 0.15) is 0 Å². The molecule has 18 N–H and O–H groups in total. The van der Waals surface area contributed by atoms with Gasteiger partial charge in [0, 0.05) is 0 Å². The van der Waals surface area contributed by atoms with Crippen LogP contribution >= 0.6 is 0 Å². The molecule has 0 aliphatic carbocycles. The second-order valence-corrected chi connectivity index (χ2v) is 10.6. The molecule has 0 bridgehead atoms. The van der Waals surface area contributed by atoms with Crippen LogP contribution in [-0.2, 0) is 28.5 Å². The molecule has 292 valence electrons. The van der Waals surface area contributed by atoms with Crippen molar-refractivity contribution in [2.45, 2.75) is 110 Å². The van der Waals surface area contributed by atoms with Gasteiger partial charge in [0.1, 0.15) is 97.7 Å². The summed E-state index contributed by atoms with van der Waals surface area (Å²) < 4.78 is 19.9. The smallest absolute Gasteiger partial charge is 0.547 e. The van der Waals surface area contributed by atoms with E-state index in [1.165, 1.54) is 0 Å². The van der Waals surface area contributed by atoms with Crippen LogP contribution in [0, 0.1) is 0 Å². The zero-order valence-corrected chi connectivity index (χ0v) is 28.1. The number of aliphatic carboxylic acids is 2. The Hall–Kier alpha value is -0.640. The van der Waals surface area contributed by atoms with Crippen LogP contribution in [0.25, 0.3) is 0 Å². The van der Waals surface area contributed by atoms with E-state index in [9.17, 15) is 81.1 Å². The Morgan fingerprint density at radius 2 is 0.840 bits per heavy atom. The molecule has 2 aliphatic heterocycles. The third-order valence-electron chi connectivity index (χ3n) is 7.22. The molecule has 0 aromatic carbocycles. The molecule has 26 heteroatoms. The largest absolute Gasteiger partial charge is 2.00 e. The minimum Gasteiger partial charge on any atom is -0.547 e. The fourth-order valence-electron chi connectivity index (χ4n) is 4.31. The van der Waals surface area contributed by atoms with Gasteiger partial charge in [0.05, 0.1) is 38.4 Å². The summed E-state index contributed by atoms with van der Waals surface area (Å²) in [6.07, 6.45) is -34.5. The molecule has 0 amide bonds. The van der Waals surface area contributed by atoms with Crippen LogP contribution in [0.3, 0.4) is 0 Å². The molecule has 0 unspecified atom stereocenters. The number of rotatable bonds is 16. The van der Waals surface area contributed by atoms with Crippen LogP contribution in [0.15, 0.2) is 0 Å². The topological polar surface area (TPSA) is 472 Å². The summed E-state index contributed by atoms with van der Waals surface area (Å²) in [5.41, 5.74) is 0. The first kappa shape index (κ1) is 51.5. The van der Waals surface area contributed by atoms with Gasteiger partial charge in [-0.2, -0.15) is 0 Å². The van der Waals surface area contributed by atoms with Gasteiger partial charge < -0.3 is 126 Å². The van der Waals surface area contributed by atoms with Crippen molar-refractivity contribution in [1.29, 1.82) is 0 Å². The molecule has 0 aromatic rings. The minimum absolute atomic E-state index is 0. The number of carbonyl (C=O) groups excluding carboxylic acids is 2. The monoisotopic (exact) mass is 772 g/mol. The van der Waals surface area contributed by atoms with Gasteiger partial charge in [0.15, 0.2) is 12.6 Å². The average molecular weight is 773 g/mol. The third kappa shape index (κ3) is 13.3. The number of carboxylic acids is 2. The van der Waals surface area contributed by atoms with Crippen molar-refractivity contribution in [1.82, 2.24) is 0 Å². The molecule has 25 nitrogen and oxygen atoms in total. The van der Waals surface area contributed by atoms with E-state index in [2.05, 4.69) is 0 Å². The third-order valence-corrected chi connectivity index (χ3v) is 7.22. The molecular weight excluding hydrogens is 728 g/mol. The second kappa shape index (κ2) is 23.9. The normalized spacial score (nSPS) is 34.5. The van der Waals surface area contributed by atoms with E-state index in [-0.39, 0.29) is 43.2 Å². The second-order valence-electron chi connectivity index (χ2n) is 10.6. The van der Waals surface area contributed by atoms with Gasteiger partial charge in [0.2, 0.25) is 0 Å². The summed E-state index contributed by atoms with van der Waals surface area (Å²) in [7, 11) is 0. The maximum absolute atomic E-state index is 10.6. The summed E-state index contributed by atoms with van der Waals surface area (Å²) >= 11 is 0. The summed E-state index contributed by atoms with van der Waals surface area (Å²) in [6.45, 7) is -3.58. The van der Waals surface area contributed by atoms with Crippen molar-refractivity contribution in [2.24, 2.45) is 0 Å². The van der Waals surface area contributed by atoms with E-state index in [1.807, 2.05) is 0 Å². The Morgan fingerprint density at radius 1 is 0.560 bits per heavy atom. The molecule has 0 radical (unpaired) electrons. The predicted molar refractivity (Wildman–Crippen MR) is 147 cm³/mol. The minimum atomic E-state index is -2.50. The number of hydrogen-bond acceptors (Lipinski definition) is 24. The molecule has 2 aliphatic rings. The number of hydrogen-bond donors (Lipinski definition) is 16. The molecule has 2 rings (SSSR count). The van der Waals surface area contributed by atoms with Gasteiger partial charge in [-0.1, -0.05) is 0 Å². The fraction of sp³-hybridized carbons (Fsp3) is 0.917. The molecule has 2 heterocycles. The zero-order valence-electron chi connectivity index (χ0n) is 25.8. The summed E-state index contributed by atoms with van der Waals surface area (Å²) in [5, 5.41) is 173. The Kier molecular flexibility index (Phi) is 24.6. The van der Waals surface area contributed by atoms with Crippen LogP contribution in [0.2, 0.25) is 0 Å². The quantitative estimate of drug-likeness (QED) is 0.0647. The van der Waals surface area contributed by atoms with E-state index < -0.39 is 149 Å². The van der Waals surface area contributed by atoms with E-state index in [0.29, 0.717) is 0 Å². The summed E-state index contributed by atoms with van der Waals surface area (Å²) in [5.74, 6) is -4.18. The molecule has 2 fully saturated rings. The Labute approximate surface area is 311 Å². The van der Waals surface area contributed by atoms with Crippen molar-refractivity contribution in [3.05, 3.63) is 0 Å². The van der Waals surface area contributed by atoms with Gasteiger partial charge in [0.25, 0.3) is 0 Å². The summed E-state index contributed by atoms with van der Waals surface area (Å²) in [4.78, 5) is 21.2. The fourth-order valence-corrected chi connectivity index (χ4v) is 4.31. The van der Waals surface area contributed by atoms with Crippen molar-refractivity contribution in [3.63, 3.8) is 0 Å². The van der Waals surface area contributed by atoms with Crippen molar-refractivity contribution < 1.29 is 126 Å². The van der Waals surface area contributed by atoms with Gasteiger partial charge in [-0.25, -0.2) is 0 Å². The first-order valence-corrected chi connectivity index (χ1v) is 13.9. The molecule has 2 saturated heterocycles. The zero-order chi connectivity index (χ0) is 37.2. The van der Waals surface area contributed by atoms with E-state index in [4.69, 9.17) is 39.4 Å². The van der Waals surface area contributed by atoms with Crippen LogP contribution in [-0.4, -0.2) is 274 Å². The van der Waals surface area contributed by atoms with Crippen molar-refractivity contribution in [2.75, 3.05) is 26.4 Å². The number of aliphatic hydroxyl groups is 16. The van der Waals surface area contributed by atoms with Gasteiger partial charge >= 0.3 is 37.7 Å². The first-order chi connectivity index (χ1) is 22.3. The molecule has 50 heavy (non-hydrogen) atoms. The molecule has 0 saturated carbocycles. The van der Waals surface area contributed by atoms with Gasteiger partial charge in [-0.05, 0) is 0 Å². The summed E-state index contributed by atoms with van der Waals surface area (Å²) in [6, 6.07) is 0. The maximum atomic E-state index is 10.6. The van der Waals surface area contributed by atoms with Crippen LogP contribution < -0.4 is 10.2 Å². The van der Waals surface area contributed by atoms with E-state index >= 15 is 0 Å². The van der Waals surface area contributed by atoms with Gasteiger partial charge in [-0.15, -0.1) is 0 Å². The molecule has 0 spiro atoms. The van der Waals surface area contributed by atoms with Crippen LogP contribution in [0.5, 0.6) is 0 Å². The molecule has 0 aromatic heterocycles. The number of ether oxygens (including phenoxy) is 4. The SMILES string of the molecule is O.O=C([O-])[C@H](O)[C@@H](O)[C@H](O[C@@H]1O[C@H](CO)[C@H](O)[C@H](O)[C@H]1O)[C@H](O)CO.O=C([O-])[C@H](O)[C@@H](O)[C@H](O[C@@H]1O[C@H](CO)[C@H](O)[C@H](O)[C@H]1O)[C@H](O)CO.[Ca+2]. The average Bonchev–Trinajstić information content (AvgIpc) is 3.07. The van der Waals surface area contributed by atoms with Crippen LogP contribution in [0.4, 0.5) is 0 Å². The molecular formula is C24H44CaO25. The van der Waals surface area contributed by atoms with E-state index in [0.717, 1.165) is 0 Å². The Balaban J connectivity index is 0. The first-order valence-electron chi connectivity index (χ1n) is 13.9.